The number of allylic oxidation sites excluding steroid dienone is 2. The number of hydrogen-bond donors (Lipinski definition) is 2. The van der Waals surface area contributed by atoms with Gasteiger partial charge in [-0.25, -0.2) is 14.8 Å². The van der Waals surface area contributed by atoms with Crippen LogP contribution in [0.3, 0.4) is 0 Å². The van der Waals surface area contributed by atoms with Gasteiger partial charge in [-0.3, -0.25) is 0 Å². The van der Waals surface area contributed by atoms with Gasteiger partial charge in [-0.05, 0) is 41.1 Å². The van der Waals surface area contributed by atoms with Gasteiger partial charge in [0, 0.05) is 28.4 Å². The van der Waals surface area contributed by atoms with Crippen LogP contribution in [0.2, 0.25) is 5.02 Å². The molecule has 7 nitrogen and oxygen atoms in total. The van der Waals surface area contributed by atoms with Crippen LogP contribution in [0, 0.1) is 0 Å². The lowest BCUT2D eigenvalue weighted by molar-refractivity contribution is -0.250. The number of hydrogen-bond acceptors (Lipinski definition) is 7. The average molecular weight is 532 g/mol. The molecule has 12 heteroatoms. The second kappa shape index (κ2) is 11.6. The van der Waals surface area contributed by atoms with Crippen LogP contribution in [0.1, 0.15) is 34.3 Å². The number of esters is 1. The van der Waals surface area contributed by atoms with Gasteiger partial charge in [-0.1, -0.05) is 48.8 Å². The van der Waals surface area contributed by atoms with Gasteiger partial charge in [-0.2, -0.15) is 13.2 Å². The third-order valence-electron chi connectivity index (χ3n) is 5.04. The summed E-state index contributed by atoms with van der Waals surface area (Å²) >= 11 is 12.0. The zero-order chi connectivity index (χ0) is 26.4. The zero-order valence-electron chi connectivity index (χ0n) is 18.6. The summed E-state index contributed by atoms with van der Waals surface area (Å²) in [5.41, 5.74) is 1.97. The van der Waals surface area contributed by atoms with Crippen molar-refractivity contribution < 1.29 is 32.5 Å². The highest BCUT2D eigenvalue weighted by molar-refractivity contribution is 6.31. The number of rotatable bonds is 9. The minimum Gasteiger partial charge on any atom is -0.465 e. The smallest absolute Gasteiger partial charge is 0.422 e. The molecule has 0 amide bonds. The first kappa shape index (κ1) is 28.2. The Morgan fingerprint density at radius 2 is 1.94 bits per heavy atom. The number of carbonyl (C=O) groups is 1. The molecule has 0 saturated carbocycles. The molecule has 3 N–H and O–H groups in total. The van der Waals surface area contributed by atoms with E-state index in [0.29, 0.717) is 5.56 Å². The highest BCUT2D eigenvalue weighted by atomic mass is 35.5. The highest BCUT2D eigenvalue weighted by Crippen LogP contribution is 2.48. The first-order valence-electron chi connectivity index (χ1n) is 9.90. The predicted molar refractivity (Wildman–Crippen MR) is 125 cm³/mol. The Hall–Kier alpha value is -3.08. The number of halogens is 5. The Balaban J connectivity index is 2.32. The lowest BCUT2D eigenvalue weighted by Gasteiger charge is -2.37. The molecule has 35 heavy (non-hydrogen) atoms. The third-order valence-corrected chi connectivity index (χ3v) is 5.47. The lowest BCUT2D eigenvalue weighted by Crippen LogP contribution is -2.50. The number of nitrogens with zero attached hydrogens (tertiary/aromatic N) is 2. The molecular weight excluding hydrogens is 510 g/mol. The molecular formula is C23H22Cl2F3N3O4. The van der Waals surface area contributed by atoms with Crippen LogP contribution in [0.15, 0.2) is 66.1 Å². The summed E-state index contributed by atoms with van der Waals surface area (Å²) in [5.74, 6) is -2.17. The maximum Gasteiger partial charge on any atom is 0.422 e. The number of nitrogens with two attached hydrogens (primary N) is 1. The number of benzene rings is 1. The minimum absolute atomic E-state index is 0.0189. The van der Waals surface area contributed by atoms with Gasteiger partial charge < -0.3 is 20.3 Å². The van der Waals surface area contributed by atoms with Crippen molar-refractivity contribution in [3.8, 4) is 6.01 Å². The molecule has 0 saturated heterocycles. The van der Waals surface area contributed by atoms with Gasteiger partial charge in [-0.15, -0.1) is 0 Å². The summed E-state index contributed by atoms with van der Waals surface area (Å²) in [6, 6.07) is 4.20. The molecule has 0 aliphatic heterocycles. The Bertz CT molecular complexity index is 1140. The van der Waals surface area contributed by atoms with Crippen LogP contribution in [0.25, 0.3) is 0 Å². The van der Waals surface area contributed by atoms with Crippen LogP contribution in [0.5, 0.6) is 6.01 Å². The molecule has 2 rings (SSSR count). The monoisotopic (exact) mass is 531 g/mol. The molecule has 0 bridgehead atoms. The first-order valence-corrected chi connectivity index (χ1v) is 10.7. The second-order valence-corrected chi connectivity index (χ2v) is 8.17. The molecule has 0 radical (unpaired) electrons. The summed E-state index contributed by atoms with van der Waals surface area (Å²) < 4.78 is 52.4. The number of methoxy groups -OCH3 is 1. The van der Waals surface area contributed by atoms with Gasteiger partial charge in [0.1, 0.15) is 6.61 Å². The van der Waals surface area contributed by atoms with E-state index >= 15 is 0 Å². The first-order chi connectivity index (χ1) is 16.3. The van der Waals surface area contributed by atoms with Crippen molar-refractivity contribution in [3.63, 3.8) is 0 Å². The van der Waals surface area contributed by atoms with Crippen LogP contribution in [0.4, 0.5) is 13.2 Å². The van der Waals surface area contributed by atoms with E-state index in [2.05, 4.69) is 21.3 Å². The molecule has 188 valence electrons. The van der Waals surface area contributed by atoms with E-state index in [1.54, 1.807) is 0 Å². The SMILES string of the molecule is C=C(Cl)/C=C(\C=C/N)[C@](O)([C@H](C)c1ccc(COc2ncc(C(=O)OC)cn2)cc1Cl)C(F)(F)F. The fraction of sp³-hybridized carbons (Fsp3) is 0.261. The van der Waals surface area contributed by atoms with E-state index in [4.69, 9.17) is 33.7 Å². The topological polar surface area (TPSA) is 108 Å². The summed E-state index contributed by atoms with van der Waals surface area (Å²) in [6.07, 6.45) is -0.0178. The number of aliphatic hydroxyl groups is 1. The Labute approximate surface area is 209 Å². The predicted octanol–water partition coefficient (Wildman–Crippen LogP) is 5.04. The normalized spacial score (nSPS) is 14.9. The fourth-order valence-corrected chi connectivity index (χ4v) is 3.70. The Morgan fingerprint density at radius 3 is 2.43 bits per heavy atom. The van der Waals surface area contributed by atoms with Crippen LogP contribution in [-0.4, -0.2) is 39.9 Å². The standard InChI is InChI=1S/C23H22Cl2F3N3O4/c1-13(24)8-17(6-7-29)22(33,23(26,27)28)14(2)18-5-4-15(9-19(18)25)12-35-21-30-10-16(11-31-21)20(32)34-3/h4-11,14,33H,1,12,29H2,2-3H3/b7-6-,17-8+/t14-,22-/m1/s1. The molecule has 2 atom stereocenters. The van der Waals surface area contributed by atoms with Crippen LogP contribution < -0.4 is 10.5 Å². The number of ether oxygens (including phenoxy) is 2. The van der Waals surface area contributed by atoms with Crippen molar-refractivity contribution in [1.82, 2.24) is 9.97 Å². The quantitative estimate of drug-likeness (QED) is 0.344. The molecule has 2 aromatic rings. The second-order valence-electron chi connectivity index (χ2n) is 7.28. The molecule has 1 heterocycles. The molecule has 0 fully saturated rings. The van der Waals surface area contributed by atoms with Gasteiger partial charge in [0.25, 0.3) is 0 Å². The van der Waals surface area contributed by atoms with E-state index in [1.807, 2.05) is 0 Å². The molecule has 1 aromatic heterocycles. The Kier molecular flexibility index (Phi) is 9.31. The maximum absolute atomic E-state index is 14.1. The van der Waals surface area contributed by atoms with Crippen molar-refractivity contribution >= 4 is 29.2 Å². The fourth-order valence-electron chi connectivity index (χ4n) is 3.22. The van der Waals surface area contributed by atoms with Crippen LogP contribution >= 0.6 is 23.2 Å². The summed E-state index contributed by atoms with van der Waals surface area (Å²) in [6.45, 7) is 4.47. The molecule has 1 aromatic carbocycles. The number of alkyl halides is 3. The van der Waals surface area contributed by atoms with E-state index in [0.717, 1.165) is 18.4 Å². The molecule has 0 aliphatic carbocycles. The minimum atomic E-state index is -5.11. The number of carbonyl (C=O) groups excluding carboxylic acids is 1. The molecule has 0 unspecified atom stereocenters. The number of aromatic nitrogens is 2. The van der Waals surface area contributed by atoms with Crippen molar-refractivity contribution in [2.45, 2.75) is 31.2 Å². The highest BCUT2D eigenvalue weighted by Gasteiger charge is 2.59. The molecule has 0 spiro atoms. The van der Waals surface area contributed by atoms with Gasteiger partial charge in [0.15, 0.2) is 5.60 Å². The van der Waals surface area contributed by atoms with Gasteiger partial charge >= 0.3 is 18.2 Å². The summed E-state index contributed by atoms with van der Waals surface area (Å²) in [5, 5.41) is 10.6. The zero-order valence-corrected chi connectivity index (χ0v) is 20.2. The van der Waals surface area contributed by atoms with Gasteiger partial charge in [0.05, 0.1) is 12.7 Å². The van der Waals surface area contributed by atoms with E-state index in [-0.39, 0.29) is 33.8 Å². The average Bonchev–Trinajstić information content (AvgIpc) is 2.80. The maximum atomic E-state index is 14.1. The van der Waals surface area contributed by atoms with Crippen molar-refractivity contribution in [3.05, 3.63) is 87.8 Å². The lowest BCUT2D eigenvalue weighted by atomic mass is 9.77. The molecule has 0 aliphatic rings. The largest absolute Gasteiger partial charge is 0.465 e. The summed E-state index contributed by atoms with van der Waals surface area (Å²) in [4.78, 5) is 19.2. The third kappa shape index (κ3) is 6.53. The summed E-state index contributed by atoms with van der Waals surface area (Å²) in [7, 11) is 1.22. The van der Waals surface area contributed by atoms with E-state index in [9.17, 15) is 23.1 Å². The van der Waals surface area contributed by atoms with Crippen LogP contribution in [-0.2, 0) is 11.3 Å². The van der Waals surface area contributed by atoms with Crippen molar-refractivity contribution in [2.75, 3.05) is 7.11 Å². The van der Waals surface area contributed by atoms with E-state index in [1.165, 1.54) is 44.6 Å². The van der Waals surface area contributed by atoms with Gasteiger partial charge in [0.2, 0.25) is 0 Å². The van der Waals surface area contributed by atoms with E-state index < -0.39 is 29.2 Å². The Morgan fingerprint density at radius 1 is 1.31 bits per heavy atom. The van der Waals surface area contributed by atoms with Crippen molar-refractivity contribution in [2.24, 2.45) is 5.73 Å². The van der Waals surface area contributed by atoms with Crippen molar-refractivity contribution in [1.29, 1.82) is 0 Å².